The number of amides is 2. The maximum absolute atomic E-state index is 12.5. The van der Waals surface area contributed by atoms with Crippen LogP contribution in [0.15, 0.2) is 0 Å². The van der Waals surface area contributed by atoms with Crippen LogP contribution in [0.5, 0.6) is 0 Å². The van der Waals surface area contributed by atoms with Gasteiger partial charge in [0.05, 0.1) is 0 Å². The number of ether oxygens (including phenoxy) is 2. The third kappa shape index (κ3) is 4.97. The summed E-state index contributed by atoms with van der Waals surface area (Å²) >= 11 is 0. The standard InChI is InChI=1S/C20H34N2O4/c1-19(2)10-14(22-18(24)16-7-5-9-26-16)11-20(3,12-19)13-21-17(23)15-6-4-8-25-15/h14-16H,4-13H2,1-3H3,(H,21,23)(H,22,24)/t14-,15+,16-,20-/m0/s1. The average Bonchev–Trinajstić information content (AvgIpc) is 3.23. The lowest BCUT2D eigenvalue weighted by Crippen LogP contribution is -2.52. The van der Waals surface area contributed by atoms with Crippen LogP contribution in [0.1, 0.15) is 65.7 Å². The first-order valence-electron chi connectivity index (χ1n) is 10.1. The molecule has 0 spiro atoms. The molecule has 26 heavy (non-hydrogen) atoms. The Kier molecular flexibility index (Phi) is 5.92. The SMILES string of the molecule is CC1(C)C[C@H](NC(=O)[C@@H]2CCCO2)C[C@](C)(CNC(=O)[C@H]2CCCO2)C1. The van der Waals surface area contributed by atoms with Gasteiger partial charge in [0.15, 0.2) is 0 Å². The van der Waals surface area contributed by atoms with E-state index in [1.54, 1.807) is 0 Å². The third-order valence-electron chi connectivity index (χ3n) is 5.92. The van der Waals surface area contributed by atoms with Gasteiger partial charge in [0.2, 0.25) is 11.8 Å². The van der Waals surface area contributed by atoms with Gasteiger partial charge in [0.1, 0.15) is 12.2 Å². The maximum atomic E-state index is 12.5. The van der Waals surface area contributed by atoms with E-state index < -0.39 is 0 Å². The zero-order chi connectivity index (χ0) is 18.8. The summed E-state index contributed by atoms with van der Waals surface area (Å²) in [6.07, 6.45) is 5.83. The molecule has 148 valence electrons. The highest BCUT2D eigenvalue weighted by atomic mass is 16.5. The van der Waals surface area contributed by atoms with E-state index in [9.17, 15) is 9.59 Å². The Labute approximate surface area is 156 Å². The molecule has 3 aliphatic rings. The van der Waals surface area contributed by atoms with Crippen molar-refractivity contribution in [1.82, 2.24) is 10.6 Å². The van der Waals surface area contributed by atoms with Gasteiger partial charge in [-0.1, -0.05) is 20.8 Å². The van der Waals surface area contributed by atoms with Gasteiger partial charge >= 0.3 is 0 Å². The number of carbonyl (C=O) groups is 2. The minimum absolute atomic E-state index is 0.00652. The van der Waals surface area contributed by atoms with E-state index in [2.05, 4.69) is 31.4 Å². The molecule has 0 unspecified atom stereocenters. The summed E-state index contributed by atoms with van der Waals surface area (Å²) in [6.45, 7) is 8.70. The normalized spacial score (nSPS) is 36.7. The summed E-state index contributed by atoms with van der Waals surface area (Å²) in [4.78, 5) is 24.8. The number of rotatable bonds is 5. The Hall–Kier alpha value is -1.14. The first-order valence-corrected chi connectivity index (χ1v) is 10.1. The molecule has 3 rings (SSSR count). The van der Waals surface area contributed by atoms with Crippen LogP contribution >= 0.6 is 0 Å². The van der Waals surface area contributed by atoms with Crippen LogP contribution in [0.25, 0.3) is 0 Å². The minimum atomic E-state index is -0.287. The van der Waals surface area contributed by atoms with Gasteiger partial charge in [-0.3, -0.25) is 9.59 Å². The van der Waals surface area contributed by atoms with Crippen molar-refractivity contribution in [3.8, 4) is 0 Å². The molecule has 4 atom stereocenters. The lowest BCUT2D eigenvalue weighted by molar-refractivity contribution is -0.133. The molecular formula is C20H34N2O4. The predicted octanol–water partition coefficient (Wildman–Crippen LogP) is 2.16. The number of hydrogen-bond acceptors (Lipinski definition) is 4. The van der Waals surface area contributed by atoms with Crippen molar-refractivity contribution in [3.05, 3.63) is 0 Å². The van der Waals surface area contributed by atoms with Gasteiger partial charge in [-0.15, -0.1) is 0 Å². The molecule has 1 aliphatic carbocycles. The molecule has 2 aliphatic heterocycles. The monoisotopic (exact) mass is 366 g/mol. The summed E-state index contributed by atoms with van der Waals surface area (Å²) in [5, 5.41) is 6.31. The highest BCUT2D eigenvalue weighted by Crippen LogP contribution is 2.45. The Bertz CT molecular complexity index is 524. The summed E-state index contributed by atoms with van der Waals surface area (Å²) in [5.74, 6) is 0.0305. The van der Waals surface area contributed by atoms with Crippen molar-refractivity contribution in [2.75, 3.05) is 19.8 Å². The van der Waals surface area contributed by atoms with Crippen LogP contribution in [0.3, 0.4) is 0 Å². The van der Waals surface area contributed by atoms with E-state index in [1.807, 2.05) is 0 Å². The van der Waals surface area contributed by atoms with Crippen LogP contribution in [-0.4, -0.2) is 49.8 Å². The van der Waals surface area contributed by atoms with Gasteiger partial charge in [-0.2, -0.15) is 0 Å². The van der Waals surface area contributed by atoms with Crippen LogP contribution in [0.4, 0.5) is 0 Å². The van der Waals surface area contributed by atoms with Gasteiger partial charge in [-0.05, 0) is 55.8 Å². The lowest BCUT2D eigenvalue weighted by Gasteiger charge is -2.47. The summed E-state index contributed by atoms with van der Waals surface area (Å²) < 4.78 is 11.0. The van der Waals surface area contributed by atoms with Gasteiger partial charge in [0.25, 0.3) is 0 Å². The molecule has 2 N–H and O–H groups in total. The Balaban J connectivity index is 1.56. The van der Waals surface area contributed by atoms with Gasteiger partial charge in [0, 0.05) is 25.8 Å². The molecular weight excluding hydrogens is 332 g/mol. The maximum Gasteiger partial charge on any atom is 0.249 e. The Morgan fingerprint density at radius 2 is 1.58 bits per heavy atom. The van der Waals surface area contributed by atoms with E-state index in [1.165, 1.54) is 0 Å². The minimum Gasteiger partial charge on any atom is -0.368 e. The fourth-order valence-corrected chi connectivity index (χ4v) is 5.15. The molecule has 0 radical (unpaired) electrons. The number of hydrogen-bond donors (Lipinski definition) is 2. The highest BCUT2D eigenvalue weighted by Gasteiger charge is 2.42. The topological polar surface area (TPSA) is 76.7 Å². The van der Waals surface area contributed by atoms with E-state index in [0.717, 1.165) is 44.9 Å². The number of nitrogens with one attached hydrogen (secondary N) is 2. The third-order valence-corrected chi connectivity index (χ3v) is 5.92. The molecule has 3 fully saturated rings. The molecule has 2 amide bonds. The molecule has 6 heteroatoms. The molecule has 1 saturated carbocycles. The van der Waals surface area contributed by atoms with E-state index in [-0.39, 0.29) is 40.9 Å². The zero-order valence-corrected chi connectivity index (χ0v) is 16.4. The Morgan fingerprint density at radius 1 is 0.962 bits per heavy atom. The lowest BCUT2D eigenvalue weighted by atomic mass is 9.62. The fraction of sp³-hybridized carbons (Fsp3) is 0.900. The van der Waals surface area contributed by atoms with Crippen molar-refractivity contribution >= 4 is 11.8 Å². The van der Waals surface area contributed by atoms with Crippen molar-refractivity contribution in [2.24, 2.45) is 10.8 Å². The first-order chi connectivity index (χ1) is 12.3. The van der Waals surface area contributed by atoms with Crippen molar-refractivity contribution < 1.29 is 19.1 Å². The summed E-state index contributed by atoms with van der Waals surface area (Å²) in [7, 11) is 0. The molecule has 0 aromatic rings. The largest absolute Gasteiger partial charge is 0.368 e. The smallest absolute Gasteiger partial charge is 0.249 e. The van der Waals surface area contributed by atoms with Crippen LogP contribution in [-0.2, 0) is 19.1 Å². The molecule has 0 aromatic heterocycles. The van der Waals surface area contributed by atoms with Crippen LogP contribution in [0, 0.1) is 10.8 Å². The Morgan fingerprint density at radius 3 is 2.15 bits per heavy atom. The first kappa shape index (κ1) is 19.6. The molecule has 0 bridgehead atoms. The van der Waals surface area contributed by atoms with Crippen molar-refractivity contribution in [3.63, 3.8) is 0 Å². The van der Waals surface area contributed by atoms with Crippen LogP contribution in [0.2, 0.25) is 0 Å². The van der Waals surface area contributed by atoms with Crippen molar-refractivity contribution in [2.45, 2.75) is 84.0 Å². The average molecular weight is 367 g/mol. The molecule has 2 heterocycles. The molecule has 0 aromatic carbocycles. The van der Waals surface area contributed by atoms with Gasteiger partial charge < -0.3 is 20.1 Å². The van der Waals surface area contributed by atoms with Gasteiger partial charge in [-0.25, -0.2) is 0 Å². The number of carbonyl (C=O) groups excluding carboxylic acids is 2. The molecule has 2 saturated heterocycles. The molecule has 6 nitrogen and oxygen atoms in total. The summed E-state index contributed by atoms with van der Waals surface area (Å²) in [6, 6.07) is 0.125. The highest BCUT2D eigenvalue weighted by molar-refractivity contribution is 5.81. The second-order valence-corrected chi connectivity index (χ2v) is 9.49. The van der Waals surface area contributed by atoms with Crippen molar-refractivity contribution in [1.29, 1.82) is 0 Å². The van der Waals surface area contributed by atoms with Crippen LogP contribution < -0.4 is 10.6 Å². The second-order valence-electron chi connectivity index (χ2n) is 9.49. The summed E-state index contributed by atoms with van der Waals surface area (Å²) in [5.41, 5.74) is 0.0839. The van der Waals surface area contributed by atoms with E-state index >= 15 is 0 Å². The fourth-order valence-electron chi connectivity index (χ4n) is 5.15. The second kappa shape index (κ2) is 7.85. The quantitative estimate of drug-likeness (QED) is 0.782. The predicted molar refractivity (Wildman–Crippen MR) is 98.6 cm³/mol. The van der Waals surface area contributed by atoms with E-state index in [4.69, 9.17) is 9.47 Å². The zero-order valence-electron chi connectivity index (χ0n) is 16.4. The van der Waals surface area contributed by atoms with E-state index in [0.29, 0.717) is 19.8 Å².